The average molecular weight is 261 g/mol. The summed E-state index contributed by atoms with van der Waals surface area (Å²) in [5.74, 6) is 0. The summed E-state index contributed by atoms with van der Waals surface area (Å²) < 4.78 is 0. The highest BCUT2D eigenvalue weighted by molar-refractivity contribution is 5.90. The van der Waals surface area contributed by atoms with E-state index < -0.39 is 0 Å². The first-order valence-electron chi connectivity index (χ1n) is 6.87. The number of urea groups is 1. The van der Waals surface area contributed by atoms with E-state index in [2.05, 4.69) is 22.8 Å². The minimum Gasteiger partial charge on any atom is -0.307 e. The molecule has 0 heterocycles. The standard InChI is InChI=1S/C15H23N3O/c1-3-4-5-7-10-13(2)17-18-15(19)16-14-11-8-6-9-12-14/h6,8-9,11-12H,3-5,7,10H2,1-2H3,(H2,16,18,19)/b17-13+. The van der Waals surface area contributed by atoms with Crippen LogP contribution < -0.4 is 10.7 Å². The summed E-state index contributed by atoms with van der Waals surface area (Å²) in [5, 5.41) is 6.79. The van der Waals surface area contributed by atoms with E-state index in [9.17, 15) is 4.79 Å². The molecule has 19 heavy (non-hydrogen) atoms. The van der Waals surface area contributed by atoms with Gasteiger partial charge in [0.1, 0.15) is 0 Å². The highest BCUT2D eigenvalue weighted by atomic mass is 16.2. The van der Waals surface area contributed by atoms with Gasteiger partial charge in [-0.3, -0.25) is 0 Å². The van der Waals surface area contributed by atoms with E-state index in [4.69, 9.17) is 0 Å². The van der Waals surface area contributed by atoms with E-state index in [0.29, 0.717) is 0 Å². The molecule has 0 atom stereocenters. The molecule has 2 N–H and O–H groups in total. The summed E-state index contributed by atoms with van der Waals surface area (Å²) in [4.78, 5) is 11.6. The van der Waals surface area contributed by atoms with Gasteiger partial charge in [0.25, 0.3) is 0 Å². The van der Waals surface area contributed by atoms with Crippen molar-refractivity contribution in [3.8, 4) is 0 Å². The molecule has 0 spiro atoms. The van der Waals surface area contributed by atoms with Crippen LogP contribution in [0.1, 0.15) is 46.0 Å². The van der Waals surface area contributed by atoms with E-state index >= 15 is 0 Å². The molecular weight excluding hydrogens is 238 g/mol. The number of rotatable bonds is 7. The summed E-state index contributed by atoms with van der Waals surface area (Å²) in [6, 6.07) is 9.01. The van der Waals surface area contributed by atoms with Crippen LogP contribution in [-0.4, -0.2) is 11.7 Å². The molecule has 4 heteroatoms. The smallest absolute Gasteiger partial charge is 0.307 e. The largest absolute Gasteiger partial charge is 0.339 e. The topological polar surface area (TPSA) is 53.5 Å². The lowest BCUT2D eigenvalue weighted by molar-refractivity contribution is 0.252. The molecule has 1 aromatic carbocycles. The summed E-state index contributed by atoms with van der Waals surface area (Å²) in [6.07, 6.45) is 5.78. The minimum atomic E-state index is -0.306. The number of nitrogens with one attached hydrogen (secondary N) is 2. The van der Waals surface area contributed by atoms with E-state index in [1.165, 1.54) is 19.3 Å². The van der Waals surface area contributed by atoms with Gasteiger partial charge in [0.15, 0.2) is 0 Å². The Morgan fingerprint density at radius 3 is 2.58 bits per heavy atom. The van der Waals surface area contributed by atoms with Crippen LogP contribution in [0.25, 0.3) is 0 Å². The van der Waals surface area contributed by atoms with Gasteiger partial charge in [-0.2, -0.15) is 5.10 Å². The van der Waals surface area contributed by atoms with Gasteiger partial charge in [-0.25, -0.2) is 10.2 Å². The highest BCUT2D eigenvalue weighted by Crippen LogP contribution is 2.05. The lowest BCUT2D eigenvalue weighted by Gasteiger charge is -2.05. The SMILES string of the molecule is CCCCCC/C(C)=N/NC(=O)Nc1ccccc1. The molecule has 2 amide bonds. The van der Waals surface area contributed by atoms with Crippen LogP contribution in [0, 0.1) is 0 Å². The molecule has 0 bridgehead atoms. The van der Waals surface area contributed by atoms with Crippen LogP contribution in [0.3, 0.4) is 0 Å². The van der Waals surface area contributed by atoms with Crippen LogP contribution in [-0.2, 0) is 0 Å². The average Bonchev–Trinajstić information content (AvgIpc) is 2.42. The molecule has 1 aromatic rings. The number of hydrogen-bond donors (Lipinski definition) is 2. The van der Waals surface area contributed by atoms with E-state index in [0.717, 1.165) is 24.2 Å². The number of hydrazone groups is 1. The highest BCUT2D eigenvalue weighted by Gasteiger charge is 1.99. The van der Waals surface area contributed by atoms with Gasteiger partial charge in [0, 0.05) is 11.4 Å². The number of benzene rings is 1. The summed E-state index contributed by atoms with van der Waals surface area (Å²) in [7, 11) is 0. The van der Waals surface area contributed by atoms with Crippen molar-refractivity contribution in [2.24, 2.45) is 5.10 Å². The number of carbonyl (C=O) groups is 1. The van der Waals surface area contributed by atoms with Crippen molar-refractivity contribution >= 4 is 17.4 Å². The van der Waals surface area contributed by atoms with Gasteiger partial charge in [-0.15, -0.1) is 0 Å². The van der Waals surface area contributed by atoms with Gasteiger partial charge in [-0.05, 0) is 31.9 Å². The third kappa shape index (κ3) is 7.24. The van der Waals surface area contributed by atoms with Crippen molar-refractivity contribution in [1.29, 1.82) is 0 Å². The Labute approximate surface area is 115 Å². The second-order valence-electron chi connectivity index (χ2n) is 4.59. The Bertz CT molecular complexity index is 401. The lowest BCUT2D eigenvalue weighted by Crippen LogP contribution is -2.25. The first kappa shape index (κ1) is 15.2. The molecule has 4 nitrogen and oxygen atoms in total. The molecule has 0 aliphatic heterocycles. The van der Waals surface area contributed by atoms with Gasteiger partial charge in [0.2, 0.25) is 0 Å². The number of hydrogen-bond acceptors (Lipinski definition) is 2. The molecule has 0 aliphatic rings. The third-order valence-corrected chi connectivity index (χ3v) is 2.77. The Morgan fingerprint density at radius 2 is 1.89 bits per heavy atom. The Balaban J connectivity index is 2.24. The predicted octanol–water partition coefficient (Wildman–Crippen LogP) is 4.15. The number of amides is 2. The maximum absolute atomic E-state index is 11.6. The number of para-hydroxylation sites is 1. The molecule has 0 aliphatic carbocycles. The summed E-state index contributed by atoms with van der Waals surface area (Å²) >= 11 is 0. The molecule has 0 aromatic heterocycles. The Morgan fingerprint density at radius 1 is 1.16 bits per heavy atom. The van der Waals surface area contributed by atoms with Crippen LogP contribution in [0.2, 0.25) is 0 Å². The van der Waals surface area contributed by atoms with Crippen molar-refractivity contribution in [1.82, 2.24) is 5.43 Å². The maximum atomic E-state index is 11.6. The van der Waals surface area contributed by atoms with Gasteiger partial charge in [0.05, 0.1) is 0 Å². The molecule has 0 fully saturated rings. The Hall–Kier alpha value is -1.84. The fourth-order valence-corrected chi connectivity index (χ4v) is 1.69. The van der Waals surface area contributed by atoms with Crippen molar-refractivity contribution in [3.05, 3.63) is 30.3 Å². The first-order chi connectivity index (χ1) is 9.22. The molecule has 0 saturated carbocycles. The fraction of sp³-hybridized carbons (Fsp3) is 0.467. The number of carbonyl (C=O) groups excluding carboxylic acids is 1. The Kier molecular flexibility index (Phi) is 7.32. The van der Waals surface area contributed by atoms with Gasteiger partial charge < -0.3 is 5.32 Å². The molecule has 0 radical (unpaired) electrons. The zero-order valence-electron chi connectivity index (χ0n) is 11.8. The molecule has 0 saturated heterocycles. The molecule has 0 unspecified atom stereocenters. The second-order valence-corrected chi connectivity index (χ2v) is 4.59. The van der Waals surface area contributed by atoms with Crippen LogP contribution >= 0.6 is 0 Å². The predicted molar refractivity (Wildman–Crippen MR) is 80.5 cm³/mol. The van der Waals surface area contributed by atoms with Crippen LogP contribution in [0.15, 0.2) is 35.4 Å². The van der Waals surface area contributed by atoms with Crippen molar-refractivity contribution < 1.29 is 4.79 Å². The molecule has 104 valence electrons. The van der Waals surface area contributed by atoms with E-state index in [-0.39, 0.29) is 6.03 Å². The second kappa shape index (κ2) is 9.14. The van der Waals surface area contributed by atoms with Crippen molar-refractivity contribution in [3.63, 3.8) is 0 Å². The fourth-order valence-electron chi connectivity index (χ4n) is 1.69. The molecular formula is C15H23N3O. The third-order valence-electron chi connectivity index (χ3n) is 2.77. The van der Waals surface area contributed by atoms with E-state index in [1.54, 1.807) is 0 Å². The first-order valence-corrected chi connectivity index (χ1v) is 6.87. The quantitative estimate of drug-likeness (QED) is 0.432. The van der Waals surface area contributed by atoms with Crippen molar-refractivity contribution in [2.45, 2.75) is 46.0 Å². The summed E-state index contributed by atoms with van der Waals surface area (Å²) in [5.41, 5.74) is 4.23. The molecule has 1 rings (SSSR count). The monoisotopic (exact) mass is 261 g/mol. The van der Waals surface area contributed by atoms with Gasteiger partial charge >= 0.3 is 6.03 Å². The van der Waals surface area contributed by atoms with Crippen LogP contribution in [0.5, 0.6) is 0 Å². The minimum absolute atomic E-state index is 0.306. The summed E-state index contributed by atoms with van der Waals surface area (Å²) in [6.45, 7) is 4.13. The normalized spacial score (nSPS) is 11.2. The van der Waals surface area contributed by atoms with Crippen molar-refractivity contribution in [2.75, 3.05) is 5.32 Å². The van der Waals surface area contributed by atoms with E-state index in [1.807, 2.05) is 37.3 Å². The maximum Gasteiger partial charge on any atom is 0.339 e. The number of unbranched alkanes of at least 4 members (excludes halogenated alkanes) is 3. The van der Waals surface area contributed by atoms with Gasteiger partial charge in [-0.1, -0.05) is 44.4 Å². The number of nitrogens with zero attached hydrogens (tertiary/aromatic N) is 1. The lowest BCUT2D eigenvalue weighted by atomic mass is 10.1. The number of anilines is 1. The zero-order valence-corrected chi connectivity index (χ0v) is 11.8. The zero-order chi connectivity index (χ0) is 13.9. The van der Waals surface area contributed by atoms with Crippen LogP contribution in [0.4, 0.5) is 10.5 Å².